The fourth-order valence-corrected chi connectivity index (χ4v) is 2.95. The van der Waals surface area contributed by atoms with E-state index in [4.69, 9.17) is 16.0 Å². The van der Waals surface area contributed by atoms with Gasteiger partial charge in [0.05, 0.1) is 36.0 Å². The van der Waals surface area contributed by atoms with Crippen molar-refractivity contribution < 1.29 is 14.0 Å². The van der Waals surface area contributed by atoms with Gasteiger partial charge in [-0.25, -0.2) is 10.1 Å². The highest BCUT2D eigenvalue weighted by Gasteiger charge is 2.16. The van der Waals surface area contributed by atoms with Crippen molar-refractivity contribution in [1.82, 2.24) is 20.5 Å². The Balaban J connectivity index is 1.68. The molecular formula is C20H20ClN5O3. The molecule has 0 aliphatic carbocycles. The second kappa shape index (κ2) is 8.74. The summed E-state index contributed by atoms with van der Waals surface area (Å²) in [5.41, 5.74) is 6.32. The molecular weight excluding hydrogens is 394 g/mol. The molecule has 2 amide bonds. The minimum absolute atomic E-state index is 0.108. The summed E-state index contributed by atoms with van der Waals surface area (Å²) >= 11 is 6.48. The van der Waals surface area contributed by atoms with Crippen molar-refractivity contribution >= 4 is 29.6 Å². The zero-order valence-corrected chi connectivity index (χ0v) is 16.9. The summed E-state index contributed by atoms with van der Waals surface area (Å²) in [6.07, 6.45) is 2.85. The SMILES string of the molecule is Cc1ccc(C)c(-n2nc(C)c(/C=N\NC(=O)C(=O)NCc3ccco3)c2Cl)c1. The highest BCUT2D eigenvalue weighted by atomic mass is 35.5. The van der Waals surface area contributed by atoms with Crippen LogP contribution in [-0.4, -0.2) is 27.8 Å². The van der Waals surface area contributed by atoms with Crippen molar-refractivity contribution in [3.8, 4) is 5.69 Å². The van der Waals surface area contributed by atoms with Gasteiger partial charge in [0.1, 0.15) is 10.9 Å². The molecule has 0 radical (unpaired) electrons. The molecule has 29 heavy (non-hydrogen) atoms. The number of amides is 2. The Morgan fingerprint density at radius 3 is 2.76 bits per heavy atom. The largest absolute Gasteiger partial charge is 0.467 e. The van der Waals surface area contributed by atoms with E-state index in [2.05, 4.69) is 20.9 Å². The van der Waals surface area contributed by atoms with Gasteiger partial charge in [-0.1, -0.05) is 23.7 Å². The first-order valence-electron chi connectivity index (χ1n) is 8.83. The lowest BCUT2D eigenvalue weighted by molar-refractivity contribution is -0.139. The Hall–Kier alpha value is -3.39. The molecule has 0 fully saturated rings. The minimum Gasteiger partial charge on any atom is -0.467 e. The second-order valence-electron chi connectivity index (χ2n) is 6.45. The average Bonchev–Trinajstić information content (AvgIpc) is 3.31. The number of benzene rings is 1. The van der Waals surface area contributed by atoms with Gasteiger partial charge in [0.25, 0.3) is 0 Å². The molecule has 9 heteroatoms. The van der Waals surface area contributed by atoms with E-state index >= 15 is 0 Å². The summed E-state index contributed by atoms with van der Waals surface area (Å²) in [6, 6.07) is 9.37. The Labute approximate surface area is 172 Å². The number of halogens is 1. The third-order valence-electron chi connectivity index (χ3n) is 4.21. The number of nitrogens with one attached hydrogen (secondary N) is 2. The van der Waals surface area contributed by atoms with Crippen LogP contribution < -0.4 is 10.7 Å². The zero-order chi connectivity index (χ0) is 21.0. The fourth-order valence-electron chi connectivity index (χ4n) is 2.63. The minimum atomic E-state index is -0.900. The molecule has 3 aromatic rings. The van der Waals surface area contributed by atoms with Crippen LogP contribution in [0.4, 0.5) is 0 Å². The first kappa shape index (κ1) is 20.3. The molecule has 150 valence electrons. The molecule has 3 rings (SSSR count). The maximum absolute atomic E-state index is 11.9. The predicted octanol–water partition coefficient (Wildman–Crippen LogP) is 2.81. The zero-order valence-electron chi connectivity index (χ0n) is 16.2. The molecule has 0 spiro atoms. The Morgan fingerprint density at radius 2 is 2.03 bits per heavy atom. The number of hydrazone groups is 1. The van der Waals surface area contributed by atoms with Crippen molar-refractivity contribution in [1.29, 1.82) is 0 Å². The van der Waals surface area contributed by atoms with Gasteiger partial charge in [-0.2, -0.15) is 10.2 Å². The number of furan rings is 1. The number of nitrogens with zero attached hydrogens (tertiary/aromatic N) is 3. The predicted molar refractivity (Wildman–Crippen MR) is 109 cm³/mol. The Kier molecular flexibility index (Phi) is 6.13. The van der Waals surface area contributed by atoms with Gasteiger partial charge in [-0.05, 0) is 50.1 Å². The Bertz CT molecular complexity index is 1070. The van der Waals surface area contributed by atoms with Gasteiger partial charge < -0.3 is 9.73 Å². The van der Waals surface area contributed by atoms with Crippen LogP contribution in [-0.2, 0) is 16.1 Å². The van der Waals surface area contributed by atoms with Crippen molar-refractivity contribution in [3.63, 3.8) is 0 Å². The van der Waals surface area contributed by atoms with Crippen LogP contribution in [0, 0.1) is 20.8 Å². The number of aromatic nitrogens is 2. The van der Waals surface area contributed by atoms with Crippen LogP contribution in [0.5, 0.6) is 0 Å². The summed E-state index contributed by atoms with van der Waals surface area (Å²) < 4.78 is 6.71. The lowest BCUT2D eigenvalue weighted by Gasteiger charge is -2.08. The van der Waals surface area contributed by atoms with Crippen LogP contribution in [0.15, 0.2) is 46.1 Å². The smallest absolute Gasteiger partial charge is 0.329 e. The van der Waals surface area contributed by atoms with Gasteiger partial charge in [0.15, 0.2) is 0 Å². The highest BCUT2D eigenvalue weighted by molar-refractivity contribution is 6.35. The van der Waals surface area contributed by atoms with E-state index in [-0.39, 0.29) is 6.54 Å². The average molecular weight is 414 g/mol. The van der Waals surface area contributed by atoms with E-state index in [9.17, 15) is 9.59 Å². The van der Waals surface area contributed by atoms with Crippen molar-refractivity contribution in [2.45, 2.75) is 27.3 Å². The van der Waals surface area contributed by atoms with Crippen LogP contribution >= 0.6 is 11.6 Å². The van der Waals surface area contributed by atoms with E-state index in [0.29, 0.717) is 22.2 Å². The number of aryl methyl sites for hydroxylation is 3. The van der Waals surface area contributed by atoms with Crippen LogP contribution in [0.25, 0.3) is 5.69 Å². The topological polar surface area (TPSA) is 102 Å². The summed E-state index contributed by atoms with van der Waals surface area (Å²) in [5.74, 6) is -1.19. The molecule has 0 atom stereocenters. The number of carbonyl (C=O) groups excluding carboxylic acids is 2. The van der Waals surface area contributed by atoms with Gasteiger partial charge in [0, 0.05) is 0 Å². The van der Waals surface area contributed by atoms with Crippen LogP contribution in [0.3, 0.4) is 0 Å². The molecule has 0 aliphatic rings. The van der Waals surface area contributed by atoms with Crippen molar-refractivity contribution in [3.05, 3.63) is 69.9 Å². The molecule has 8 nitrogen and oxygen atoms in total. The lowest BCUT2D eigenvalue weighted by atomic mass is 10.1. The van der Waals surface area contributed by atoms with Crippen molar-refractivity contribution in [2.24, 2.45) is 5.10 Å². The lowest BCUT2D eigenvalue weighted by Crippen LogP contribution is -2.37. The van der Waals surface area contributed by atoms with E-state index in [1.54, 1.807) is 23.7 Å². The summed E-state index contributed by atoms with van der Waals surface area (Å²) in [5, 5.41) is 11.1. The second-order valence-corrected chi connectivity index (χ2v) is 6.81. The third kappa shape index (κ3) is 4.72. The van der Waals surface area contributed by atoms with Gasteiger partial charge in [-0.3, -0.25) is 9.59 Å². The van der Waals surface area contributed by atoms with E-state index in [1.165, 1.54) is 12.5 Å². The number of hydrogen-bond donors (Lipinski definition) is 2. The third-order valence-corrected chi connectivity index (χ3v) is 4.57. The molecule has 0 aliphatic heterocycles. The maximum Gasteiger partial charge on any atom is 0.329 e. The molecule has 0 unspecified atom stereocenters. The number of hydrogen-bond acceptors (Lipinski definition) is 5. The molecule has 2 aromatic heterocycles. The summed E-state index contributed by atoms with van der Waals surface area (Å²) in [6.45, 7) is 5.85. The van der Waals surface area contributed by atoms with Gasteiger partial charge >= 0.3 is 11.8 Å². The highest BCUT2D eigenvalue weighted by Crippen LogP contribution is 2.24. The van der Waals surface area contributed by atoms with Gasteiger partial charge in [-0.15, -0.1) is 0 Å². The molecule has 0 saturated heterocycles. The standard InChI is InChI=1S/C20H20ClN5O3/c1-12-6-7-13(2)17(9-12)26-18(21)16(14(3)25-26)11-23-24-20(28)19(27)22-10-15-5-4-8-29-15/h4-9,11H,10H2,1-3H3,(H,22,27)(H,24,28)/b23-11-. The van der Waals surface area contributed by atoms with E-state index < -0.39 is 11.8 Å². The molecule has 0 bridgehead atoms. The molecule has 2 heterocycles. The van der Waals surface area contributed by atoms with Crippen molar-refractivity contribution in [2.75, 3.05) is 0 Å². The Morgan fingerprint density at radius 1 is 1.24 bits per heavy atom. The number of carbonyl (C=O) groups is 2. The van der Waals surface area contributed by atoms with Crippen LogP contribution in [0.2, 0.25) is 5.15 Å². The molecule has 1 aromatic carbocycles. The van der Waals surface area contributed by atoms with Crippen LogP contribution in [0.1, 0.15) is 28.1 Å². The maximum atomic E-state index is 11.9. The quantitative estimate of drug-likeness (QED) is 0.381. The molecule has 2 N–H and O–H groups in total. The van der Waals surface area contributed by atoms with E-state index in [1.807, 2.05) is 32.0 Å². The summed E-state index contributed by atoms with van der Waals surface area (Å²) in [4.78, 5) is 23.6. The first-order valence-corrected chi connectivity index (χ1v) is 9.21. The summed E-state index contributed by atoms with van der Waals surface area (Å²) in [7, 11) is 0. The number of rotatable bonds is 5. The fraction of sp³-hybridized carbons (Fsp3) is 0.200. The monoisotopic (exact) mass is 413 g/mol. The van der Waals surface area contributed by atoms with Gasteiger partial charge in [0.2, 0.25) is 0 Å². The molecule has 0 saturated carbocycles. The normalized spacial score (nSPS) is 11.0. The first-order chi connectivity index (χ1) is 13.9. The van der Waals surface area contributed by atoms with E-state index in [0.717, 1.165) is 16.8 Å².